The number of aliphatic imine (C=N–C) groups is 1. The number of rotatable bonds is 8. The Balaban J connectivity index is 0.00000385. The summed E-state index contributed by atoms with van der Waals surface area (Å²) in [7, 11) is 4.98. The van der Waals surface area contributed by atoms with Crippen LogP contribution in [0.25, 0.3) is 0 Å². The fourth-order valence-corrected chi connectivity index (χ4v) is 3.70. The molecule has 0 unspecified atom stereocenters. The van der Waals surface area contributed by atoms with E-state index in [4.69, 9.17) is 9.47 Å². The molecule has 2 aromatic rings. The first kappa shape index (κ1) is 26.6. The van der Waals surface area contributed by atoms with E-state index in [0.717, 1.165) is 43.2 Å². The highest BCUT2D eigenvalue weighted by Gasteiger charge is 2.20. The Morgan fingerprint density at radius 2 is 1.73 bits per heavy atom. The lowest BCUT2D eigenvalue weighted by Crippen LogP contribution is -2.49. The predicted molar refractivity (Wildman–Crippen MR) is 143 cm³/mol. The van der Waals surface area contributed by atoms with Crippen molar-refractivity contribution in [3.8, 4) is 11.5 Å². The van der Waals surface area contributed by atoms with Gasteiger partial charge in [-0.1, -0.05) is 18.2 Å². The topological polar surface area (TPSA) is 78.4 Å². The van der Waals surface area contributed by atoms with E-state index in [0.29, 0.717) is 25.5 Å². The van der Waals surface area contributed by atoms with E-state index in [1.165, 1.54) is 5.69 Å². The van der Waals surface area contributed by atoms with Crippen LogP contribution in [0, 0.1) is 0 Å². The Kier molecular flexibility index (Phi) is 11.1. The number of piperazine rings is 1. The number of nitrogens with zero attached hydrogens (tertiary/aromatic N) is 3. The molecule has 1 fully saturated rings. The van der Waals surface area contributed by atoms with Crippen molar-refractivity contribution in [1.82, 2.24) is 15.5 Å². The molecule has 2 aromatic carbocycles. The lowest BCUT2D eigenvalue weighted by atomic mass is 10.2. The summed E-state index contributed by atoms with van der Waals surface area (Å²) in [6, 6.07) is 16.0. The van der Waals surface area contributed by atoms with Gasteiger partial charge in [0.1, 0.15) is 11.5 Å². The normalized spacial score (nSPS) is 13.7. The monoisotopic (exact) mass is 567 g/mol. The fourth-order valence-electron chi connectivity index (χ4n) is 3.70. The average Bonchev–Trinajstić information content (AvgIpc) is 2.86. The molecule has 9 heteroatoms. The van der Waals surface area contributed by atoms with E-state index in [9.17, 15) is 4.79 Å². The molecule has 1 aliphatic heterocycles. The molecule has 8 nitrogen and oxygen atoms in total. The number of nitrogens with one attached hydrogen (secondary N) is 2. The van der Waals surface area contributed by atoms with Gasteiger partial charge in [-0.05, 0) is 24.3 Å². The Morgan fingerprint density at radius 3 is 2.36 bits per heavy atom. The van der Waals surface area contributed by atoms with E-state index in [-0.39, 0.29) is 29.9 Å². The van der Waals surface area contributed by atoms with E-state index < -0.39 is 0 Å². The molecule has 33 heavy (non-hydrogen) atoms. The van der Waals surface area contributed by atoms with E-state index in [1.807, 2.05) is 41.3 Å². The van der Waals surface area contributed by atoms with Gasteiger partial charge in [0.25, 0.3) is 0 Å². The molecule has 0 aliphatic carbocycles. The zero-order valence-corrected chi connectivity index (χ0v) is 21.9. The summed E-state index contributed by atoms with van der Waals surface area (Å²) in [6.45, 7) is 4.28. The smallest absolute Gasteiger partial charge is 0.224 e. The number of methoxy groups -OCH3 is 2. The maximum Gasteiger partial charge on any atom is 0.224 e. The SMILES string of the molecule is CN=C(NCCC(=O)N1CCN(c2ccccc2)CC1)NCc1ccc(OC)cc1OC.I. The van der Waals surface area contributed by atoms with Gasteiger partial charge in [0, 0.05) is 70.1 Å². The van der Waals surface area contributed by atoms with E-state index in [2.05, 4.69) is 32.7 Å². The minimum absolute atomic E-state index is 0. The van der Waals surface area contributed by atoms with Gasteiger partial charge in [-0.2, -0.15) is 0 Å². The number of anilines is 1. The minimum atomic E-state index is 0. The number of amides is 1. The van der Waals surface area contributed by atoms with Crippen molar-refractivity contribution in [2.45, 2.75) is 13.0 Å². The highest BCUT2D eigenvalue weighted by Crippen LogP contribution is 2.24. The molecule has 0 saturated carbocycles. The average molecular weight is 567 g/mol. The second-order valence-corrected chi connectivity index (χ2v) is 7.48. The second kappa shape index (κ2) is 13.8. The van der Waals surface area contributed by atoms with Crippen molar-refractivity contribution < 1.29 is 14.3 Å². The van der Waals surface area contributed by atoms with Crippen LogP contribution in [0.4, 0.5) is 5.69 Å². The molecule has 0 radical (unpaired) electrons. The molecule has 1 saturated heterocycles. The lowest BCUT2D eigenvalue weighted by molar-refractivity contribution is -0.131. The molecule has 0 aromatic heterocycles. The number of benzene rings is 2. The first-order valence-corrected chi connectivity index (χ1v) is 10.9. The van der Waals surface area contributed by atoms with Crippen molar-refractivity contribution in [2.24, 2.45) is 4.99 Å². The summed E-state index contributed by atoms with van der Waals surface area (Å²) in [6.07, 6.45) is 0.428. The summed E-state index contributed by atoms with van der Waals surface area (Å²) >= 11 is 0. The van der Waals surface area contributed by atoms with Crippen molar-refractivity contribution in [2.75, 3.05) is 58.9 Å². The predicted octanol–water partition coefficient (Wildman–Crippen LogP) is 2.73. The number of ether oxygens (including phenoxy) is 2. The summed E-state index contributed by atoms with van der Waals surface area (Å²) < 4.78 is 10.7. The van der Waals surface area contributed by atoms with Gasteiger partial charge >= 0.3 is 0 Å². The van der Waals surface area contributed by atoms with Gasteiger partial charge in [-0.15, -0.1) is 24.0 Å². The lowest BCUT2D eigenvalue weighted by Gasteiger charge is -2.36. The number of para-hydroxylation sites is 1. The number of carbonyl (C=O) groups is 1. The largest absolute Gasteiger partial charge is 0.497 e. The summed E-state index contributed by atoms with van der Waals surface area (Å²) in [5, 5.41) is 6.48. The third-order valence-corrected chi connectivity index (χ3v) is 5.55. The molecule has 1 amide bonds. The minimum Gasteiger partial charge on any atom is -0.497 e. The molecular weight excluding hydrogens is 533 g/mol. The maximum atomic E-state index is 12.6. The Morgan fingerprint density at radius 1 is 1.00 bits per heavy atom. The first-order chi connectivity index (χ1) is 15.6. The van der Waals surface area contributed by atoms with Crippen molar-refractivity contribution >= 4 is 41.5 Å². The van der Waals surface area contributed by atoms with Crippen molar-refractivity contribution in [3.05, 3.63) is 54.1 Å². The molecule has 0 bridgehead atoms. The van der Waals surface area contributed by atoms with Gasteiger partial charge in [-0.3, -0.25) is 9.79 Å². The zero-order valence-electron chi connectivity index (χ0n) is 19.5. The van der Waals surface area contributed by atoms with E-state index in [1.54, 1.807) is 21.3 Å². The summed E-state index contributed by atoms with van der Waals surface area (Å²) in [5.41, 5.74) is 2.20. The van der Waals surface area contributed by atoms with Crippen LogP contribution >= 0.6 is 24.0 Å². The van der Waals surface area contributed by atoms with Crippen LogP contribution in [0.3, 0.4) is 0 Å². The van der Waals surface area contributed by atoms with Gasteiger partial charge in [0.15, 0.2) is 5.96 Å². The molecule has 3 rings (SSSR count). The van der Waals surface area contributed by atoms with Gasteiger partial charge in [0.2, 0.25) is 5.91 Å². The van der Waals surface area contributed by atoms with Crippen LogP contribution in [-0.4, -0.2) is 70.8 Å². The first-order valence-electron chi connectivity index (χ1n) is 10.9. The molecule has 2 N–H and O–H groups in total. The zero-order chi connectivity index (χ0) is 22.8. The van der Waals surface area contributed by atoms with Crippen LogP contribution in [0.2, 0.25) is 0 Å². The highest BCUT2D eigenvalue weighted by atomic mass is 127. The third-order valence-electron chi connectivity index (χ3n) is 5.55. The van der Waals surface area contributed by atoms with E-state index >= 15 is 0 Å². The maximum absolute atomic E-state index is 12.6. The number of hydrogen-bond donors (Lipinski definition) is 2. The number of halogens is 1. The van der Waals surface area contributed by atoms with Gasteiger partial charge < -0.3 is 29.9 Å². The van der Waals surface area contributed by atoms with Crippen molar-refractivity contribution in [3.63, 3.8) is 0 Å². The quantitative estimate of drug-likeness (QED) is 0.290. The second-order valence-electron chi connectivity index (χ2n) is 7.48. The molecular formula is C24H34IN5O3. The Bertz CT molecular complexity index is 902. The van der Waals surface area contributed by atoms with Gasteiger partial charge in [-0.25, -0.2) is 0 Å². The Labute approximate surface area is 213 Å². The molecule has 180 valence electrons. The van der Waals surface area contributed by atoms with Crippen LogP contribution in [0.1, 0.15) is 12.0 Å². The third kappa shape index (κ3) is 7.69. The molecule has 0 spiro atoms. The van der Waals surface area contributed by atoms with Gasteiger partial charge in [0.05, 0.1) is 14.2 Å². The Hall–Kier alpha value is -2.69. The van der Waals surface area contributed by atoms with Crippen LogP contribution in [0.5, 0.6) is 11.5 Å². The van der Waals surface area contributed by atoms with Crippen LogP contribution in [-0.2, 0) is 11.3 Å². The number of carbonyl (C=O) groups excluding carboxylic acids is 1. The highest BCUT2D eigenvalue weighted by molar-refractivity contribution is 14.0. The number of guanidine groups is 1. The molecule has 1 aliphatic rings. The molecule has 1 heterocycles. The van der Waals surface area contributed by atoms with Crippen molar-refractivity contribution in [1.29, 1.82) is 0 Å². The number of hydrogen-bond acceptors (Lipinski definition) is 5. The summed E-state index contributed by atoms with van der Waals surface area (Å²) in [5.74, 6) is 2.30. The summed E-state index contributed by atoms with van der Waals surface area (Å²) in [4.78, 5) is 21.1. The van der Waals surface area contributed by atoms with Crippen LogP contribution in [0.15, 0.2) is 53.5 Å². The van der Waals surface area contributed by atoms with Crippen LogP contribution < -0.4 is 25.0 Å². The fraction of sp³-hybridized carbons (Fsp3) is 0.417. The standard InChI is InChI=1S/C24H33N5O3.HI/c1-25-24(27-18-19-9-10-21(31-2)17-22(19)32-3)26-12-11-23(30)29-15-13-28(14-16-29)20-7-5-4-6-8-20;/h4-10,17H,11-16,18H2,1-3H3,(H2,25,26,27);1H. The molecule has 0 atom stereocenters.